The molecule has 0 atom stereocenters. The van der Waals surface area contributed by atoms with E-state index >= 15 is 0 Å². The van der Waals surface area contributed by atoms with E-state index in [1.807, 2.05) is 0 Å². The highest BCUT2D eigenvalue weighted by molar-refractivity contribution is 6.66. The fraction of sp³-hybridized carbons (Fsp3) is 0.875. The van der Waals surface area contributed by atoms with Crippen LogP contribution in [0.5, 0.6) is 0 Å². The fourth-order valence-corrected chi connectivity index (χ4v) is 8.16. The molecule has 0 amide bonds. The van der Waals surface area contributed by atoms with Gasteiger partial charge in [-0.3, -0.25) is 0 Å². The zero-order valence-electron chi connectivity index (χ0n) is 30.4. The molecule has 1 aliphatic heterocycles. The molecule has 44 heavy (non-hydrogen) atoms. The molecular weight excluding hydrogens is 589 g/mol. The quantitative estimate of drug-likeness (QED) is 0.114. The maximum Gasteiger partial charge on any atom is 0.334 e. The summed E-state index contributed by atoms with van der Waals surface area (Å²) in [6.07, 6.45) is 15.9. The van der Waals surface area contributed by atoms with Crippen molar-refractivity contribution >= 4 is 17.1 Å². The van der Waals surface area contributed by atoms with Crippen LogP contribution in [0.1, 0.15) is 38.5 Å². The van der Waals surface area contributed by atoms with Crippen LogP contribution in [0.3, 0.4) is 0 Å². The molecule has 0 fully saturated rings. The summed E-state index contributed by atoms with van der Waals surface area (Å²) >= 11 is 0. The van der Waals surface area contributed by atoms with Gasteiger partial charge in [0.25, 0.3) is 0 Å². The van der Waals surface area contributed by atoms with Crippen LogP contribution in [0.15, 0.2) is 24.8 Å². The van der Waals surface area contributed by atoms with E-state index in [1.54, 1.807) is 28.4 Å². The molecule has 12 heteroatoms. The van der Waals surface area contributed by atoms with Crippen LogP contribution in [-0.4, -0.2) is 169 Å². The lowest BCUT2D eigenvalue weighted by atomic mass is 10.2. The molecule has 0 aromatic carbocycles. The number of hydrogen-bond donors (Lipinski definition) is 0. The van der Waals surface area contributed by atoms with Gasteiger partial charge in [0.1, 0.15) is 0 Å². The van der Waals surface area contributed by atoms with E-state index in [0.717, 1.165) is 103 Å². The van der Waals surface area contributed by atoms with Crippen molar-refractivity contribution in [2.45, 2.75) is 63.7 Å². The highest BCUT2D eigenvalue weighted by Crippen LogP contribution is 2.16. The average molecular weight is 659 g/mol. The van der Waals surface area contributed by atoms with E-state index in [2.05, 4.69) is 95.5 Å². The Morgan fingerprint density at radius 3 is 1.05 bits per heavy atom. The third kappa shape index (κ3) is 19.0. The standard InChI is InChI=1S/C32H70N6O4Si2/c1-33(2)17-11-19-35(25-15-31-43(9,39-5)40-6)21-13-23-37-27-29-38(30-28-37)24-14-22-36(20-12-18-34(3)4)26-16-32-44(10,41-7)42-8/h27-30H,11-26,31-32H2,1-10H3. The molecule has 10 nitrogen and oxygen atoms in total. The monoisotopic (exact) mass is 658 g/mol. The Morgan fingerprint density at radius 2 is 0.750 bits per heavy atom. The molecule has 260 valence electrons. The minimum absolute atomic E-state index is 1.04. The van der Waals surface area contributed by atoms with Crippen molar-refractivity contribution in [2.75, 3.05) is 122 Å². The van der Waals surface area contributed by atoms with E-state index in [9.17, 15) is 0 Å². The summed E-state index contributed by atoms with van der Waals surface area (Å²) in [6, 6.07) is 2.07. The Hall–Kier alpha value is -0.806. The van der Waals surface area contributed by atoms with E-state index in [0.29, 0.717) is 0 Å². The SMILES string of the molecule is CO[Si](C)(CCCN(CCCN(C)C)CCCN1C=CN(CCCN(CCCN(C)C)CCC[Si](C)(OC)OC)C=C1)OC. The lowest BCUT2D eigenvalue weighted by molar-refractivity contribution is 0.227. The number of rotatable bonds is 28. The predicted octanol–water partition coefficient (Wildman–Crippen LogP) is 4.34. The summed E-state index contributed by atoms with van der Waals surface area (Å²) in [5.41, 5.74) is 0. The number of nitrogens with zero attached hydrogens (tertiary/aromatic N) is 6. The molecule has 0 spiro atoms. The van der Waals surface area contributed by atoms with E-state index in [-0.39, 0.29) is 0 Å². The molecule has 0 bridgehead atoms. The van der Waals surface area contributed by atoms with Gasteiger partial charge in [-0.2, -0.15) is 0 Å². The summed E-state index contributed by atoms with van der Waals surface area (Å²) in [4.78, 5) is 14.5. The first-order chi connectivity index (χ1) is 21.0. The zero-order chi connectivity index (χ0) is 32.8. The molecule has 0 aromatic heterocycles. The van der Waals surface area contributed by atoms with Gasteiger partial charge in [-0.25, -0.2) is 0 Å². The fourth-order valence-electron chi connectivity index (χ4n) is 5.41. The smallest absolute Gasteiger partial charge is 0.334 e. The maximum absolute atomic E-state index is 5.70. The van der Waals surface area contributed by atoms with E-state index in [4.69, 9.17) is 17.7 Å². The molecule has 0 saturated carbocycles. The molecule has 0 aliphatic carbocycles. The number of hydrogen-bond acceptors (Lipinski definition) is 10. The second-order valence-corrected chi connectivity index (χ2v) is 20.2. The maximum atomic E-state index is 5.70. The van der Waals surface area contributed by atoms with Crippen molar-refractivity contribution in [1.29, 1.82) is 0 Å². The molecule has 0 unspecified atom stereocenters. The third-order valence-corrected chi connectivity index (χ3v) is 14.8. The third-order valence-electron chi connectivity index (χ3n) is 8.78. The molecule has 1 rings (SSSR count). The Balaban J connectivity index is 2.46. The van der Waals surface area contributed by atoms with Crippen molar-refractivity contribution in [3.63, 3.8) is 0 Å². The molecule has 0 aromatic rings. The van der Waals surface area contributed by atoms with Crippen LogP contribution in [0.2, 0.25) is 25.2 Å². The van der Waals surface area contributed by atoms with Gasteiger partial charge in [0.05, 0.1) is 0 Å². The largest absolute Gasteiger partial charge is 0.398 e. The second-order valence-electron chi connectivity index (χ2n) is 13.1. The average Bonchev–Trinajstić information content (AvgIpc) is 3.00. The van der Waals surface area contributed by atoms with Crippen LogP contribution < -0.4 is 0 Å². The molecular formula is C32H70N6O4Si2. The van der Waals surface area contributed by atoms with Gasteiger partial charge < -0.3 is 47.1 Å². The minimum Gasteiger partial charge on any atom is -0.398 e. The summed E-state index contributed by atoms with van der Waals surface area (Å²) < 4.78 is 22.8. The Morgan fingerprint density at radius 1 is 0.455 bits per heavy atom. The molecule has 1 aliphatic rings. The van der Waals surface area contributed by atoms with Gasteiger partial charge >= 0.3 is 17.1 Å². The lowest BCUT2D eigenvalue weighted by Gasteiger charge is -2.29. The van der Waals surface area contributed by atoms with Crippen LogP contribution in [0, 0.1) is 0 Å². The summed E-state index contributed by atoms with van der Waals surface area (Å²) in [6.45, 7) is 15.4. The lowest BCUT2D eigenvalue weighted by Crippen LogP contribution is -2.38. The van der Waals surface area contributed by atoms with Crippen molar-refractivity contribution < 1.29 is 17.7 Å². The zero-order valence-corrected chi connectivity index (χ0v) is 32.4. The Kier molecular flexibility index (Phi) is 22.0. The molecule has 0 saturated heterocycles. The van der Waals surface area contributed by atoms with E-state index < -0.39 is 17.1 Å². The normalized spacial score (nSPS) is 14.4. The Bertz CT molecular complexity index is 695. The van der Waals surface area contributed by atoms with E-state index in [1.165, 1.54) is 12.8 Å². The van der Waals surface area contributed by atoms with Gasteiger partial charge in [0, 0.05) is 66.3 Å². The van der Waals surface area contributed by atoms with Crippen LogP contribution in [0.4, 0.5) is 0 Å². The molecule has 0 N–H and O–H groups in total. The summed E-state index contributed by atoms with van der Waals surface area (Å²) in [7, 11) is 11.8. The van der Waals surface area contributed by atoms with Crippen LogP contribution >= 0.6 is 0 Å². The predicted molar refractivity (Wildman–Crippen MR) is 190 cm³/mol. The Labute approximate surface area is 274 Å². The first kappa shape index (κ1) is 41.2. The molecule has 0 radical (unpaired) electrons. The highest BCUT2D eigenvalue weighted by Gasteiger charge is 2.29. The second kappa shape index (κ2) is 23.5. The van der Waals surface area contributed by atoms with Gasteiger partial charge in [-0.05, 0) is 144 Å². The summed E-state index contributed by atoms with van der Waals surface area (Å²) in [5.74, 6) is 0. The van der Waals surface area contributed by atoms with Gasteiger partial charge in [-0.1, -0.05) is 0 Å². The molecule has 1 heterocycles. The van der Waals surface area contributed by atoms with Crippen molar-refractivity contribution in [3.05, 3.63) is 24.8 Å². The van der Waals surface area contributed by atoms with Crippen LogP contribution in [0.25, 0.3) is 0 Å². The topological polar surface area (TPSA) is 56.4 Å². The minimum atomic E-state index is -2.00. The first-order valence-corrected chi connectivity index (χ1v) is 21.9. The first-order valence-electron chi connectivity index (χ1n) is 16.8. The van der Waals surface area contributed by atoms with Crippen molar-refractivity contribution in [1.82, 2.24) is 29.4 Å². The highest BCUT2D eigenvalue weighted by atomic mass is 28.4. The van der Waals surface area contributed by atoms with Gasteiger partial charge in [-0.15, -0.1) is 0 Å². The van der Waals surface area contributed by atoms with Gasteiger partial charge in [0.2, 0.25) is 0 Å². The van der Waals surface area contributed by atoms with Crippen LogP contribution in [-0.2, 0) is 17.7 Å². The summed E-state index contributed by atoms with van der Waals surface area (Å²) in [5, 5.41) is 0. The van der Waals surface area contributed by atoms with Crippen molar-refractivity contribution in [2.24, 2.45) is 0 Å². The van der Waals surface area contributed by atoms with Crippen molar-refractivity contribution in [3.8, 4) is 0 Å². The van der Waals surface area contributed by atoms with Gasteiger partial charge in [0.15, 0.2) is 0 Å².